The van der Waals surface area contributed by atoms with Gasteiger partial charge in [-0.1, -0.05) is 37.9 Å². The van der Waals surface area contributed by atoms with E-state index in [1.807, 2.05) is 31.2 Å². The van der Waals surface area contributed by atoms with Crippen molar-refractivity contribution in [3.8, 4) is 0 Å². The van der Waals surface area contributed by atoms with Gasteiger partial charge in [0.15, 0.2) is 5.16 Å². The van der Waals surface area contributed by atoms with E-state index in [1.165, 1.54) is 31.4 Å². The Hall–Kier alpha value is -0.440. The Labute approximate surface area is 84.7 Å². The summed E-state index contributed by atoms with van der Waals surface area (Å²) < 4.78 is 2.07. The summed E-state index contributed by atoms with van der Waals surface area (Å²) in [4.78, 5) is 4.26. The number of thioether (sulfide) groups is 1. The van der Waals surface area contributed by atoms with Crippen LogP contribution >= 0.6 is 11.8 Å². The first-order valence-corrected chi connectivity index (χ1v) is 5.93. The van der Waals surface area contributed by atoms with E-state index in [9.17, 15) is 0 Å². The third kappa shape index (κ3) is 3.85. The summed E-state index contributed by atoms with van der Waals surface area (Å²) in [7, 11) is 2.04. The third-order valence-corrected chi connectivity index (χ3v) is 3.15. The van der Waals surface area contributed by atoms with Gasteiger partial charge in [0, 0.05) is 25.2 Å². The summed E-state index contributed by atoms with van der Waals surface area (Å²) in [6.07, 6.45) is 9.19. The van der Waals surface area contributed by atoms with Crippen molar-refractivity contribution in [1.82, 2.24) is 9.55 Å². The van der Waals surface area contributed by atoms with Crippen molar-refractivity contribution in [2.24, 2.45) is 7.05 Å². The second-order valence-electron chi connectivity index (χ2n) is 3.23. The molecule has 0 spiro atoms. The monoisotopic (exact) mass is 198 g/mol. The van der Waals surface area contributed by atoms with Crippen LogP contribution < -0.4 is 0 Å². The van der Waals surface area contributed by atoms with Crippen LogP contribution in [0.2, 0.25) is 0 Å². The van der Waals surface area contributed by atoms with Gasteiger partial charge in [0.1, 0.15) is 0 Å². The van der Waals surface area contributed by atoms with Crippen molar-refractivity contribution in [1.29, 1.82) is 0 Å². The third-order valence-electron chi connectivity index (χ3n) is 2.01. The molecule has 0 radical (unpaired) electrons. The number of rotatable bonds is 6. The zero-order valence-corrected chi connectivity index (χ0v) is 9.31. The van der Waals surface area contributed by atoms with Gasteiger partial charge in [0.2, 0.25) is 0 Å². The fourth-order valence-corrected chi connectivity index (χ4v) is 2.11. The molecule has 2 nitrogen and oxygen atoms in total. The van der Waals surface area contributed by atoms with Crippen molar-refractivity contribution < 1.29 is 0 Å². The van der Waals surface area contributed by atoms with E-state index in [0.717, 1.165) is 5.16 Å². The predicted octanol–water partition coefficient (Wildman–Crippen LogP) is 3.09. The van der Waals surface area contributed by atoms with E-state index < -0.39 is 0 Å². The Balaban J connectivity index is 2.10. The molecule has 0 amide bonds. The van der Waals surface area contributed by atoms with Crippen LogP contribution in [0.4, 0.5) is 0 Å². The highest BCUT2D eigenvalue weighted by Crippen LogP contribution is 2.16. The summed E-state index contributed by atoms with van der Waals surface area (Å²) in [5, 5.41) is 1.14. The molecule has 1 rings (SSSR count). The lowest BCUT2D eigenvalue weighted by atomic mass is 10.2. The highest BCUT2D eigenvalue weighted by atomic mass is 32.2. The first-order chi connectivity index (χ1) is 6.34. The van der Waals surface area contributed by atoms with Crippen molar-refractivity contribution in [2.75, 3.05) is 5.75 Å². The van der Waals surface area contributed by atoms with Gasteiger partial charge < -0.3 is 4.57 Å². The van der Waals surface area contributed by atoms with Crippen LogP contribution in [-0.2, 0) is 7.05 Å². The summed E-state index contributed by atoms with van der Waals surface area (Å²) in [5.41, 5.74) is 0. The normalized spacial score (nSPS) is 10.6. The minimum atomic E-state index is 1.14. The maximum absolute atomic E-state index is 4.26. The van der Waals surface area contributed by atoms with E-state index >= 15 is 0 Å². The molecule has 1 heterocycles. The van der Waals surface area contributed by atoms with Crippen LogP contribution in [0.15, 0.2) is 17.6 Å². The van der Waals surface area contributed by atoms with E-state index in [0.29, 0.717) is 0 Å². The average Bonchev–Trinajstić information content (AvgIpc) is 2.52. The fraction of sp³-hybridized carbons (Fsp3) is 0.700. The molecule has 0 N–H and O–H groups in total. The summed E-state index contributed by atoms with van der Waals surface area (Å²) in [6, 6.07) is 0. The quantitative estimate of drug-likeness (QED) is 0.516. The van der Waals surface area contributed by atoms with E-state index in [1.54, 1.807) is 0 Å². The molecule has 0 saturated carbocycles. The molecule has 0 fully saturated rings. The lowest BCUT2D eigenvalue weighted by molar-refractivity contribution is 0.704. The number of hydrogen-bond donors (Lipinski definition) is 0. The lowest BCUT2D eigenvalue weighted by Crippen LogP contribution is -1.90. The first kappa shape index (κ1) is 10.6. The predicted molar refractivity (Wildman–Crippen MR) is 58.1 cm³/mol. The molecule has 0 atom stereocenters. The van der Waals surface area contributed by atoms with Crippen LogP contribution in [0.3, 0.4) is 0 Å². The second-order valence-corrected chi connectivity index (χ2v) is 4.29. The van der Waals surface area contributed by atoms with Crippen LogP contribution in [0, 0.1) is 0 Å². The van der Waals surface area contributed by atoms with E-state index in [2.05, 4.69) is 16.5 Å². The smallest absolute Gasteiger partial charge is 0.167 e. The minimum Gasteiger partial charge on any atom is -0.329 e. The molecule has 0 aliphatic heterocycles. The van der Waals surface area contributed by atoms with Gasteiger partial charge in [-0.2, -0.15) is 0 Å². The van der Waals surface area contributed by atoms with Gasteiger partial charge in [-0.3, -0.25) is 0 Å². The minimum absolute atomic E-state index is 1.14. The Morgan fingerprint density at radius 3 is 2.85 bits per heavy atom. The molecule has 74 valence electrons. The highest BCUT2D eigenvalue weighted by Gasteiger charge is 1.98. The lowest BCUT2D eigenvalue weighted by Gasteiger charge is -2.00. The van der Waals surface area contributed by atoms with Gasteiger partial charge in [-0.15, -0.1) is 0 Å². The highest BCUT2D eigenvalue weighted by molar-refractivity contribution is 7.99. The van der Waals surface area contributed by atoms with E-state index in [4.69, 9.17) is 0 Å². The maximum Gasteiger partial charge on any atom is 0.167 e. The Kier molecular flexibility index (Phi) is 4.98. The van der Waals surface area contributed by atoms with Crippen molar-refractivity contribution in [3.05, 3.63) is 12.4 Å². The standard InChI is InChI=1S/C10H18N2S/c1-3-4-5-6-9-13-10-11-7-8-12(10)2/h7-8H,3-6,9H2,1-2H3. The number of aromatic nitrogens is 2. The molecular weight excluding hydrogens is 180 g/mol. The van der Waals surface area contributed by atoms with Crippen LogP contribution in [0.25, 0.3) is 0 Å². The largest absolute Gasteiger partial charge is 0.329 e. The molecule has 0 saturated heterocycles. The number of hydrogen-bond acceptors (Lipinski definition) is 2. The van der Waals surface area contributed by atoms with Gasteiger partial charge in [0.05, 0.1) is 0 Å². The van der Waals surface area contributed by atoms with Crippen LogP contribution in [-0.4, -0.2) is 15.3 Å². The van der Waals surface area contributed by atoms with Crippen LogP contribution in [0.1, 0.15) is 32.6 Å². The maximum atomic E-state index is 4.26. The summed E-state index contributed by atoms with van der Waals surface area (Å²) >= 11 is 1.86. The molecular formula is C10H18N2S. The van der Waals surface area contributed by atoms with Gasteiger partial charge in [0.25, 0.3) is 0 Å². The summed E-state index contributed by atoms with van der Waals surface area (Å²) in [6.45, 7) is 2.24. The van der Waals surface area contributed by atoms with Gasteiger partial charge in [-0.05, 0) is 6.42 Å². The molecule has 3 heteroatoms. The number of unbranched alkanes of at least 4 members (excludes halogenated alkanes) is 3. The molecule has 1 aromatic heterocycles. The topological polar surface area (TPSA) is 17.8 Å². The Morgan fingerprint density at radius 1 is 1.38 bits per heavy atom. The molecule has 13 heavy (non-hydrogen) atoms. The first-order valence-electron chi connectivity index (χ1n) is 4.94. The Morgan fingerprint density at radius 2 is 2.23 bits per heavy atom. The summed E-state index contributed by atoms with van der Waals surface area (Å²) in [5.74, 6) is 1.20. The average molecular weight is 198 g/mol. The molecule has 1 aromatic rings. The molecule has 0 unspecified atom stereocenters. The number of aryl methyl sites for hydroxylation is 1. The van der Waals surface area contributed by atoms with Crippen molar-refractivity contribution in [2.45, 2.75) is 37.8 Å². The zero-order chi connectivity index (χ0) is 9.52. The Bertz CT molecular complexity index is 233. The molecule has 0 aromatic carbocycles. The molecule has 0 bridgehead atoms. The van der Waals surface area contributed by atoms with Gasteiger partial charge in [-0.25, -0.2) is 4.98 Å². The van der Waals surface area contributed by atoms with Crippen molar-refractivity contribution >= 4 is 11.8 Å². The number of nitrogens with zero attached hydrogens (tertiary/aromatic N) is 2. The fourth-order valence-electron chi connectivity index (χ4n) is 1.18. The second kappa shape index (κ2) is 6.08. The van der Waals surface area contributed by atoms with Crippen LogP contribution in [0.5, 0.6) is 0 Å². The van der Waals surface area contributed by atoms with E-state index in [-0.39, 0.29) is 0 Å². The molecule has 0 aliphatic rings. The molecule has 0 aliphatic carbocycles. The zero-order valence-electron chi connectivity index (χ0n) is 8.49. The van der Waals surface area contributed by atoms with Gasteiger partial charge >= 0.3 is 0 Å². The van der Waals surface area contributed by atoms with Crippen molar-refractivity contribution in [3.63, 3.8) is 0 Å². The number of imidazole rings is 1. The SMILES string of the molecule is CCCCCCSc1nccn1C.